The highest BCUT2D eigenvalue weighted by atomic mass is 127. The van der Waals surface area contributed by atoms with Crippen LogP contribution in [0.4, 0.5) is 5.69 Å². The Labute approximate surface area is 185 Å². The fraction of sp³-hybridized carbons (Fsp3) is 0.571. The Balaban J connectivity index is 0.00000225. The molecule has 1 spiro atoms. The fourth-order valence-electron chi connectivity index (χ4n) is 4.93. The van der Waals surface area contributed by atoms with E-state index in [9.17, 15) is 8.42 Å². The van der Waals surface area contributed by atoms with Crippen molar-refractivity contribution in [3.05, 3.63) is 42.5 Å². The average Bonchev–Trinajstić information content (AvgIpc) is 3.35. The van der Waals surface area contributed by atoms with Gasteiger partial charge in [0.15, 0.2) is 15.8 Å². The van der Waals surface area contributed by atoms with Gasteiger partial charge in [0.25, 0.3) is 0 Å². The molecule has 1 saturated heterocycles. The highest BCUT2D eigenvalue weighted by Crippen LogP contribution is 2.50. The minimum atomic E-state index is -2.87. The van der Waals surface area contributed by atoms with Crippen LogP contribution in [-0.4, -0.2) is 45.5 Å². The van der Waals surface area contributed by atoms with Crippen molar-refractivity contribution in [2.24, 2.45) is 10.9 Å². The van der Waals surface area contributed by atoms with Gasteiger partial charge in [-0.25, -0.2) is 8.42 Å². The monoisotopic (exact) mass is 515 g/mol. The van der Waals surface area contributed by atoms with E-state index in [0.29, 0.717) is 18.8 Å². The Morgan fingerprint density at radius 1 is 1.32 bits per heavy atom. The maximum absolute atomic E-state index is 11.8. The third kappa shape index (κ3) is 4.25. The van der Waals surface area contributed by atoms with E-state index >= 15 is 0 Å². The third-order valence-corrected chi connectivity index (χ3v) is 8.11. The van der Waals surface area contributed by atoms with Crippen molar-refractivity contribution >= 4 is 45.5 Å². The number of nitrogens with one attached hydrogen (secondary N) is 1. The summed E-state index contributed by atoms with van der Waals surface area (Å²) in [6.07, 6.45) is 7.60. The predicted molar refractivity (Wildman–Crippen MR) is 127 cm³/mol. The summed E-state index contributed by atoms with van der Waals surface area (Å²) in [4.78, 5) is 7.18. The molecule has 7 heteroatoms. The van der Waals surface area contributed by atoms with Gasteiger partial charge in [0.05, 0.1) is 11.5 Å². The van der Waals surface area contributed by atoms with Crippen LogP contribution < -0.4 is 10.2 Å². The molecule has 1 N–H and O–H groups in total. The Kier molecular flexibility index (Phi) is 6.74. The molecule has 1 atom stereocenters. The lowest BCUT2D eigenvalue weighted by molar-refractivity contribution is 0.478. The number of sulfone groups is 1. The molecular weight excluding hydrogens is 485 g/mol. The van der Waals surface area contributed by atoms with Crippen LogP contribution in [0.3, 0.4) is 0 Å². The number of aliphatic imine (C=N–C) groups is 1. The maximum atomic E-state index is 11.8. The van der Waals surface area contributed by atoms with Gasteiger partial charge in [0.2, 0.25) is 0 Å². The molecule has 1 aromatic rings. The first-order chi connectivity index (χ1) is 13.0. The number of hydrogen-bond donors (Lipinski definition) is 1. The predicted octanol–water partition coefficient (Wildman–Crippen LogP) is 3.50. The Hall–Kier alpha value is -1.09. The summed E-state index contributed by atoms with van der Waals surface area (Å²) in [5.41, 5.74) is 2.93. The highest BCUT2D eigenvalue weighted by molar-refractivity contribution is 14.0. The van der Waals surface area contributed by atoms with E-state index in [4.69, 9.17) is 4.99 Å². The van der Waals surface area contributed by atoms with Crippen molar-refractivity contribution in [1.82, 2.24) is 5.32 Å². The lowest BCUT2D eigenvalue weighted by Crippen LogP contribution is -2.43. The Morgan fingerprint density at radius 3 is 2.75 bits per heavy atom. The van der Waals surface area contributed by atoms with Gasteiger partial charge in [0, 0.05) is 30.7 Å². The van der Waals surface area contributed by atoms with Crippen LogP contribution in [-0.2, 0) is 15.3 Å². The van der Waals surface area contributed by atoms with Gasteiger partial charge >= 0.3 is 0 Å². The molecule has 0 amide bonds. The number of hydrogen-bond acceptors (Lipinski definition) is 3. The molecule has 2 heterocycles. The zero-order chi connectivity index (χ0) is 18.9. The van der Waals surface area contributed by atoms with Crippen LogP contribution >= 0.6 is 24.0 Å². The normalized spacial score (nSPS) is 24.8. The van der Waals surface area contributed by atoms with Crippen molar-refractivity contribution in [3.63, 3.8) is 0 Å². The van der Waals surface area contributed by atoms with Gasteiger partial charge in [0.1, 0.15) is 0 Å². The molecule has 1 unspecified atom stereocenters. The van der Waals surface area contributed by atoms with Gasteiger partial charge in [-0.15, -0.1) is 30.6 Å². The number of guanidine groups is 1. The minimum Gasteiger partial charge on any atom is -0.352 e. The molecule has 0 bridgehead atoms. The smallest absolute Gasteiger partial charge is 0.198 e. The van der Waals surface area contributed by atoms with E-state index < -0.39 is 9.84 Å². The standard InChI is InChI=1S/C21H29N3O2S.HI/c1-2-12-22-20(23-14-17-9-13-27(25,26)15-17)24-16-21(10-5-6-11-21)18-7-3-4-8-19(18)24;/h2-4,7-8,17H,1,5-6,9-16H2,(H,22,23);1H. The van der Waals surface area contributed by atoms with E-state index in [0.717, 1.165) is 18.9 Å². The summed E-state index contributed by atoms with van der Waals surface area (Å²) >= 11 is 0. The second kappa shape index (κ2) is 8.73. The molecule has 1 aliphatic carbocycles. The zero-order valence-electron chi connectivity index (χ0n) is 16.3. The minimum absolute atomic E-state index is 0. The summed E-state index contributed by atoms with van der Waals surface area (Å²) in [7, 11) is -2.87. The van der Waals surface area contributed by atoms with Gasteiger partial charge in [-0.3, -0.25) is 4.99 Å². The number of rotatable bonds is 4. The SMILES string of the molecule is C=CCNC(=NCC1CCS(=O)(=O)C1)N1CC2(CCCC2)c2ccccc21.I. The molecule has 1 aromatic carbocycles. The first-order valence-corrected chi connectivity index (χ1v) is 11.8. The van der Waals surface area contributed by atoms with E-state index in [1.54, 1.807) is 0 Å². The zero-order valence-corrected chi connectivity index (χ0v) is 19.4. The quantitative estimate of drug-likeness (QED) is 0.289. The van der Waals surface area contributed by atoms with Crippen LogP contribution in [0.1, 0.15) is 37.7 Å². The summed E-state index contributed by atoms with van der Waals surface area (Å²) in [5.74, 6) is 1.56. The lowest BCUT2D eigenvalue weighted by atomic mass is 9.81. The van der Waals surface area contributed by atoms with Gasteiger partial charge in [-0.2, -0.15) is 0 Å². The van der Waals surface area contributed by atoms with Crippen molar-refractivity contribution in [2.45, 2.75) is 37.5 Å². The van der Waals surface area contributed by atoms with E-state index in [1.165, 1.54) is 36.9 Å². The largest absolute Gasteiger partial charge is 0.352 e. The van der Waals surface area contributed by atoms with Crippen LogP contribution in [0, 0.1) is 5.92 Å². The van der Waals surface area contributed by atoms with Gasteiger partial charge < -0.3 is 10.2 Å². The topological polar surface area (TPSA) is 61.8 Å². The van der Waals surface area contributed by atoms with Crippen molar-refractivity contribution in [1.29, 1.82) is 0 Å². The number of nitrogens with zero attached hydrogens (tertiary/aromatic N) is 2. The molecule has 3 aliphatic rings. The highest BCUT2D eigenvalue weighted by Gasteiger charge is 2.45. The molecule has 4 rings (SSSR count). The molecule has 28 heavy (non-hydrogen) atoms. The van der Waals surface area contributed by atoms with Crippen LogP contribution in [0.25, 0.3) is 0 Å². The molecule has 5 nitrogen and oxygen atoms in total. The number of fused-ring (bicyclic) bond motifs is 2. The first-order valence-electron chi connectivity index (χ1n) is 10.00. The second-order valence-corrected chi connectivity index (χ2v) is 10.4. The molecular formula is C21H30IN3O2S. The van der Waals surface area contributed by atoms with Crippen molar-refractivity contribution < 1.29 is 8.42 Å². The van der Waals surface area contributed by atoms with Gasteiger partial charge in [-0.05, 0) is 36.8 Å². The van der Waals surface area contributed by atoms with E-state index in [-0.39, 0.29) is 41.1 Å². The summed E-state index contributed by atoms with van der Waals surface area (Å²) in [6.45, 7) is 5.98. The molecule has 2 aliphatic heterocycles. The Morgan fingerprint density at radius 2 is 2.07 bits per heavy atom. The molecule has 2 fully saturated rings. The number of benzene rings is 1. The van der Waals surface area contributed by atoms with E-state index in [2.05, 4.69) is 41.1 Å². The lowest BCUT2D eigenvalue weighted by Gasteiger charge is -2.27. The van der Waals surface area contributed by atoms with Crippen molar-refractivity contribution in [3.8, 4) is 0 Å². The van der Waals surface area contributed by atoms with E-state index in [1.807, 2.05) is 6.08 Å². The fourth-order valence-corrected chi connectivity index (χ4v) is 6.78. The second-order valence-electron chi connectivity index (χ2n) is 8.19. The first kappa shape index (κ1) is 21.6. The van der Waals surface area contributed by atoms with Crippen LogP contribution in [0.15, 0.2) is 41.9 Å². The summed E-state index contributed by atoms with van der Waals surface area (Å²) in [5, 5.41) is 3.41. The molecule has 154 valence electrons. The van der Waals surface area contributed by atoms with Crippen LogP contribution in [0.2, 0.25) is 0 Å². The van der Waals surface area contributed by atoms with Crippen LogP contribution in [0.5, 0.6) is 0 Å². The number of halogens is 1. The third-order valence-electron chi connectivity index (χ3n) is 6.27. The maximum Gasteiger partial charge on any atom is 0.198 e. The number of anilines is 1. The summed E-state index contributed by atoms with van der Waals surface area (Å²) < 4.78 is 23.5. The summed E-state index contributed by atoms with van der Waals surface area (Å²) in [6, 6.07) is 8.69. The average molecular weight is 515 g/mol. The van der Waals surface area contributed by atoms with Crippen molar-refractivity contribution in [2.75, 3.05) is 36.0 Å². The van der Waals surface area contributed by atoms with Gasteiger partial charge in [-0.1, -0.05) is 37.1 Å². The molecule has 0 aromatic heterocycles. The number of para-hydroxylation sites is 1. The Bertz CT molecular complexity index is 847. The molecule has 1 saturated carbocycles. The molecule has 0 radical (unpaired) electrons.